The van der Waals surface area contributed by atoms with E-state index in [-0.39, 0.29) is 0 Å². The highest BCUT2D eigenvalue weighted by molar-refractivity contribution is 9.10. The van der Waals surface area contributed by atoms with Crippen LogP contribution in [0, 0.1) is 0 Å². The molecule has 0 aliphatic carbocycles. The molecule has 0 aliphatic heterocycles. The number of pyridine rings is 1. The number of halogens is 2. The number of anilines is 1. The van der Waals surface area contributed by atoms with E-state index in [9.17, 15) is 0 Å². The summed E-state index contributed by atoms with van der Waals surface area (Å²) in [5.74, 6) is 0.827. The predicted molar refractivity (Wildman–Crippen MR) is 80.0 cm³/mol. The second-order valence-electron chi connectivity index (χ2n) is 3.71. The van der Waals surface area contributed by atoms with Crippen molar-refractivity contribution in [3.8, 4) is 5.75 Å². The van der Waals surface area contributed by atoms with Gasteiger partial charge in [0.2, 0.25) is 0 Å². The van der Waals surface area contributed by atoms with Crippen molar-refractivity contribution in [3.63, 3.8) is 0 Å². The summed E-state index contributed by atoms with van der Waals surface area (Å²) < 4.78 is 7.18. The summed E-state index contributed by atoms with van der Waals surface area (Å²) in [6, 6.07) is 7.86. The van der Waals surface area contributed by atoms with Gasteiger partial charge in [-0.15, -0.1) is 0 Å². The van der Waals surface area contributed by atoms with Crippen molar-refractivity contribution in [2.24, 2.45) is 0 Å². The Bertz CT molecular complexity index is 546. The van der Waals surface area contributed by atoms with E-state index in [1.165, 1.54) is 0 Å². The van der Waals surface area contributed by atoms with Crippen LogP contribution in [-0.4, -0.2) is 12.1 Å². The molecule has 1 aromatic heterocycles. The van der Waals surface area contributed by atoms with Gasteiger partial charge < -0.3 is 10.1 Å². The Morgan fingerprint density at radius 2 is 2.06 bits per heavy atom. The summed E-state index contributed by atoms with van der Waals surface area (Å²) in [7, 11) is 1.66. The SMILES string of the molecule is COc1ccc(Br)c(NCc2cncc(Br)c2)c1. The normalized spacial score (nSPS) is 10.2. The smallest absolute Gasteiger partial charge is 0.121 e. The van der Waals surface area contributed by atoms with Crippen molar-refractivity contribution in [1.29, 1.82) is 0 Å². The highest BCUT2D eigenvalue weighted by Crippen LogP contribution is 2.27. The monoisotopic (exact) mass is 370 g/mol. The molecule has 0 amide bonds. The van der Waals surface area contributed by atoms with Crippen LogP contribution in [0.25, 0.3) is 0 Å². The van der Waals surface area contributed by atoms with Crippen molar-refractivity contribution in [2.45, 2.75) is 6.54 Å². The Hall–Kier alpha value is -1.07. The van der Waals surface area contributed by atoms with Crippen molar-refractivity contribution in [1.82, 2.24) is 4.98 Å². The lowest BCUT2D eigenvalue weighted by atomic mass is 10.2. The molecule has 0 saturated carbocycles. The topological polar surface area (TPSA) is 34.1 Å². The molecule has 0 saturated heterocycles. The van der Waals surface area contributed by atoms with Crippen LogP contribution in [-0.2, 0) is 6.54 Å². The second kappa shape index (κ2) is 6.20. The molecule has 1 aromatic carbocycles. The molecular formula is C13H12Br2N2O. The Kier molecular flexibility index (Phi) is 4.60. The zero-order valence-corrected chi connectivity index (χ0v) is 13.0. The van der Waals surface area contributed by atoms with Gasteiger partial charge in [-0.2, -0.15) is 0 Å². The fraction of sp³-hybridized carbons (Fsp3) is 0.154. The van der Waals surface area contributed by atoms with Crippen LogP contribution in [0.15, 0.2) is 45.6 Å². The molecule has 5 heteroatoms. The molecule has 94 valence electrons. The lowest BCUT2D eigenvalue weighted by Gasteiger charge is -2.10. The maximum atomic E-state index is 5.20. The molecule has 18 heavy (non-hydrogen) atoms. The second-order valence-corrected chi connectivity index (χ2v) is 5.48. The van der Waals surface area contributed by atoms with E-state index < -0.39 is 0 Å². The zero-order valence-electron chi connectivity index (χ0n) is 9.78. The van der Waals surface area contributed by atoms with Gasteiger partial charge in [0.25, 0.3) is 0 Å². The minimum absolute atomic E-state index is 0.707. The Labute approximate surface area is 123 Å². The summed E-state index contributed by atoms with van der Waals surface area (Å²) >= 11 is 6.91. The van der Waals surface area contributed by atoms with E-state index in [0.29, 0.717) is 6.54 Å². The Balaban J connectivity index is 2.10. The summed E-state index contributed by atoms with van der Waals surface area (Å²) in [4.78, 5) is 4.13. The lowest BCUT2D eigenvalue weighted by Crippen LogP contribution is -2.01. The number of hydrogen-bond acceptors (Lipinski definition) is 3. The van der Waals surface area contributed by atoms with Gasteiger partial charge in [0.05, 0.1) is 12.8 Å². The van der Waals surface area contributed by atoms with E-state index in [2.05, 4.69) is 42.2 Å². The largest absolute Gasteiger partial charge is 0.497 e. The van der Waals surface area contributed by atoms with Gasteiger partial charge in [-0.05, 0) is 55.6 Å². The predicted octanol–water partition coefficient (Wildman–Crippen LogP) is 4.23. The minimum Gasteiger partial charge on any atom is -0.497 e. The molecule has 2 rings (SSSR count). The fourth-order valence-corrected chi connectivity index (χ4v) is 2.32. The Morgan fingerprint density at radius 3 is 2.78 bits per heavy atom. The number of nitrogens with zero attached hydrogens (tertiary/aromatic N) is 1. The van der Waals surface area contributed by atoms with Gasteiger partial charge in [0, 0.05) is 34.0 Å². The minimum atomic E-state index is 0.707. The van der Waals surface area contributed by atoms with Crippen molar-refractivity contribution < 1.29 is 4.74 Å². The molecule has 1 N–H and O–H groups in total. The summed E-state index contributed by atoms with van der Waals surface area (Å²) in [5.41, 5.74) is 2.11. The molecule has 2 aromatic rings. The molecule has 0 bridgehead atoms. The van der Waals surface area contributed by atoms with Gasteiger partial charge in [-0.25, -0.2) is 0 Å². The molecule has 0 fully saturated rings. The van der Waals surface area contributed by atoms with Crippen LogP contribution in [0.3, 0.4) is 0 Å². The first-order valence-corrected chi connectivity index (χ1v) is 6.94. The highest BCUT2D eigenvalue weighted by Gasteiger charge is 2.02. The third kappa shape index (κ3) is 3.46. The molecule has 0 spiro atoms. The number of nitrogens with one attached hydrogen (secondary N) is 1. The average molecular weight is 372 g/mol. The molecule has 1 heterocycles. The van der Waals surface area contributed by atoms with E-state index in [1.807, 2.05) is 30.5 Å². The van der Waals surface area contributed by atoms with Crippen LogP contribution >= 0.6 is 31.9 Å². The van der Waals surface area contributed by atoms with E-state index >= 15 is 0 Å². The number of aromatic nitrogens is 1. The molecular weight excluding hydrogens is 360 g/mol. The van der Waals surface area contributed by atoms with E-state index in [4.69, 9.17) is 4.74 Å². The zero-order chi connectivity index (χ0) is 13.0. The summed E-state index contributed by atoms with van der Waals surface area (Å²) in [6.07, 6.45) is 3.61. The third-order valence-electron chi connectivity index (χ3n) is 2.42. The third-order valence-corrected chi connectivity index (χ3v) is 3.54. The fourth-order valence-electron chi connectivity index (χ4n) is 1.52. The maximum absolute atomic E-state index is 5.20. The quantitative estimate of drug-likeness (QED) is 0.873. The molecule has 3 nitrogen and oxygen atoms in total. The molecule has 0 aliphatic rings. The first kappa shape index (κ1) is 13.4. The molecule has 0 unspecified atom stereocenters. The van der Waals surface area contributed by atoms with E-state index in [1.54, 1.807) is 13.3 Å². The van der Waals surface area contributed by atoms with Gasteiger partial charge in [0.15, 0.2) is 0 Å². The average Bonchev–Trinajstić information content (AvgIpc) is 2.38. The maximum Gasteiger partial charge on any atom is 0.121 e. The highest BCUT2D eigenvalue weighted by atomic mass is 79.9. The summed E-state index contributed by atoms with van der Waals surface area (Å²) in [6.45, 7) is 0.707. The van der Waals surface area contributed by atoms with Gasteiger partial charge in [-0.3, -0.25) is 4.98 Å². The van der Waals surface area contributed by atoms with Gasteiger partial charge in [0.1, 0.15) is 5.75 Å². The Morgan fingerprint density at radius 1 is 1.22 bits per heavy atom. The first-order chi connectivity index (χ1) is 8.69. The van der Waals surface area contributed by atoms with Gasteiger partial charge in [-0.1, -0.05) is 0 Å². The van der Waals surface area contributed by atoms with Crippen LogP contribution in [0.5, 0.6) is 5.75 Å². The number of benzene rings is 1. The molecule has 0 radical (unpaired) electrons. The standard InChI is InChI=1S/C13H12Br2N2O/c1-18-11-2-3-12(15)13(5-11)17-7-9-4-10(14)8-16-6-9/h2-6,8,17H,7H2,1H3. The van der Waals surface area contributed by atoms with Crippen LogP contribution in [0.2, 0.25) is 0 Å². The van der Waals surface area contributed by atoms with Gasteiger partial charge >= 0.3 is 0 Å². The number of rotatable bonds is 4. The van der Waals surface area contributed by atoms with Crippen LogP contribution in [0.4, 0.5) is 5.69 Å². The number of ether oxygens (including phenoxy) is 1. The molecule has 0 atom stereocenters. The van der Waals surface area contributed by atoms with Crippen LogP contribution in [0.1, 0.15) is 5.56 Å². The van der Waals surface area contributed by atoms with Crippen molar-refractivity contribution in [2.75, 3.05) is 12.4 Å². The van der Waals surface area contributed by atoms with E-state index in [0.717, 1.165) is 25.9 Å². The van der Waals surface area contributed by atoms with Crippen molar-refractivity contribution >= 4 is 37.5 Å². The summed E-state index contributed by atoms with van der Waals surface area (Å²) in [5, 5.41) is 3.34. The van der Waals surface area contributed by atoms with Crippen molar-refractivity contribution in [3.05, 3.63) is 51.2 Å². The first-order valence-electron chi connectivity index (χ1n) is 5.36. The number of methoxy groups -OCH3 is 1. The lowest BCUT2D eigenvalue weighted by molar-refractivity contribution is 0.415. The van der Waals surface area contributed by atoms with Crippen LogP contribution < -0.4 is 10.1 Å². The number of hydrogen-bond donors (Lipinski definition) is 1.